The van der Waals surface area contributed by atoms with E-state index in [1.165, 1.54) is 31.2 Å². The molecule has 0 aliphatic heterocycles. The van der Waals surface area contributed by atoms with Crippen LogP contribution in [-0.4, -0.2) is 39.6 Å². The van der Waals surface area contributed by atoms with Crippen molar-refractivity contribution in [3.8, 4) is 11.5 Å². The fraction of sp³-hybridized carbons (Fsp3) is 0.167. The third kappa shape index (κ3) is 3.97. The molecule has 1 aromatic heterocycles. The summed E-state index contributed by atoms with van der Waals surface area (Å²) >= 11 is 1.35. The normalized spacial score (nSPS) is 11.2. The number of aromatic nitrogens is 2. The Morgan fingerprint density at radius 3 is 2.96 bits per heavy atom. The van der Waals surface area contributed by atoms with Crippen molar-refractivity contribution >= 4 is 34.9 Å². The highest BCUT2D eigenvalue weighted by Crippen LogP contribution is 2.25. The van der Waals surface area contributed by atoms with Crippen LogP contribution >= 0.6 is 11.8 Å². The number of amides is 1. The van der Waals surface area contributed by atoms with Crippen molar-refractivity contribution < 1.29 is 14.6 Å². The van der Waals surface area contributed by atoms with Gasteiger partial charge >= 0.3 is 0 Å². The molecule has 7 nitrogen and oxygen atoms in total. The summed E-state index contributed by atoms with van der Waals surface area (Å²) in [5, 5.41) is 14.2. The number of fused-ring (bicyclic) bond motifs is 1. The standard InChI is InChI=1S/C18H18N4O3S/c1-22-14-6-4-3-5-13(14)20-18(22)26-11-17(24)21-19-10-12-7-8-15(23)16(9-12)25-2/h3-10,23H,11H2,1-2H3,(H,21,24). The van der Waals surface area contributed by atoms with E-state index >= 15 is 0 Å². The molecule has 0 fully saturated rings. The molecule has 3 rings (SSSR count). The van der Waals surface area contributed by atoms with Crippen LogP contribution in [0.5, 0.6) is 11.5 Å². The van der Waals surface area contributed by atoms with Gasteiger partial charge in [0.2, 0.25) is 0 Å². The van der Waals surface area contributed by atoms with Crippen LogP contribution < -0.4 is 10.2 Å². The number of carbonyl (C=O) groups excluding carboxylic acids is 1. The molecule has 0 saturated carbocycles. The number of aromatic hydroxyl groups is 1. The number of nitrogens with one attached hydrogen (secondary N) is 1. The molecule has 0 aliphatic carbocycles. The lowest BCUT2D eigenvalue weighted by molar-refractivity contribution is -0.118. The van der Waals surface area contributed by atoms with Crippen LogP contribution in [0.3, 0.4) is 0 Å². The Labute approximate surface area is 154 Å². The van der Waals surface area contributed by atoms with Crippen LogP contribution in [0.2, 0.25) is 0 Å². The second-order valence-corrected chi connectivity index (χ2v) is 6.40. The van der Waals surface area contributed by atoms with Gasteiger partial charge in [-0.15, -0.1) is 0 Å². The van der Waals surface area contributed by atoms with Gasteiger partial charge in [-0.1, -0.05) is 23.9 Å². The molecule has 0 unspecified atom stereocenters. The number of aryl methyl sites for hydroxylation is 1. The zero-order valence-corrected chi connectivity index (χ0v) is 15.2. The Bertz CT molecular complexity index is 968. The molecule has 2 N–H and O–H groups in total. The van der Waals surface area contributed by atoms with Crippen LogP contribution in [-0.2, 0) is 11.8 Å². The summed E-state index contributed by atoms with van der Waals surface area (Å²) < 4.78 is 6.98. The zero-order valence-electron chi connectivity index (χ0n) is 14.3. The van der Waals surface area contributed by atoms with Gasteiger partial charge in [-0.25, -0.2) is 10.4 Å². The maximum Gasteiger partial charge on any atom is 0.250 e. The van der Waals surface area contributed by atoms with Crippen molar-refractivity contribution in [2.24, 2.45) is 12.1 Å². The lowest BCUT2D eigenvalue weighted by Crippen LogP contribution is -2.19. The van der Waals surface area contributed by atoms with Gasteiger partial charge in [0.25, 0.3) is 5.91 Å². The van der Waals surface area contributed by atoms with E-state index in [2.05, 4.69) is 15.5 Å². The van der Waals surface area contributed by atoms with E-state index in [9.17, 15) is 9.90 Å². The predicted molar refractivity (Wildman–Crippen MR) is 102 cm³/mol. The lowest BCUT2D eigenvalue weighted by atomic mass is 10.2. The molecule has 0 radical (unpaired) electrons. The Hall–Kier alpha value is -3.00. The SMILES string of the molecule is COc1cc(C=NNC(=O)CSc2nc3ccccc3n2C)ccc1O. The number of benzene rings is 2. The number of phenolic OH excluding ortho intramolecular Hbond substituents is 1. The van der Waals surface area contributed by atoms with E-state index < -0.39 is 0 Å². The Balaban J connectivity index is 1.56. The van der Waals surface area contributed by atoms with E-state index in [0.29, 0.717) is 11.3 Å². The topological polar surface area (TPSA) is 88.7 Å². The van der Waals surface area contributed by atoms with Crippen molar-refractivity contribution in [1.29, 1.82) is 0 Å². The van der Waals surface area contributed by atoms with Gasteiger partial charge in [0.15, 0.2) is 16.7 Å². The number of para-hydroxylation sites is 2. The average Bonchev–Trinajstić information content (AvgIpc) is 2.97. The highest BCUT2D eigenvalue weighted by atomic mass is 32.2. The molecule has 0 saturated heterocycles. The summed E-state index contributed by atoms with van der Waals surface area (Å²) in [6.45, 7) is 0. The number of carbonyl (C=O) groups is 1. The third-order valence-electron chi connectivity index (χ3n) is 3.69. The summed E-state index contributed by atoms with van der Waals surface area (Å²) in [6, 6.07) is 12.6. The van der Waals surface area contributed by atoms with Crippen molar-refractivity contribution in [3.63, 3.8) is 0 Å². The largest absolute Gasteiger partial charge is 0.504 e. The molecule has 134 valence electrons. The number of ether oxygens (including phenoxy) is 1. The Kier molecular flexibility index (Phi) is 5.43. The lowest BCUT2D eigenvalue weighted by Gasteiger charge is -2.03. The van der Waals surface area contributed by atoms with Gasteiger partial charge < -0.3 is 14.4 Å². The Morgan fingerprint density at radius 2 is 2.19 bits per heavy atom. The highest BCUT2D eigenvalue weighted by molar-refractivity contribution is 7.99. The van der Waals surface area contributed by atoms with Crippen molar-refractivity contribution in [2.75, 3.05) is 12.9 Å². The molecule has 1 heterocycles. The first-order valence-corrected chi connectivity index (χ1v) is 8.80. The fourth-order valence-corrected chi connectivity index (χ4v) is 3.15. The molecule has 3 aromatic rings. The van der Waals surface area contributed by atoms with Crippen molar-refractivity contribution in [2.45, 2.75) is 5.16 Å². The summed E-state index contributed by atoms with van der Waals surface area (Å²) in [6.07, 6.45) is 1.49. The molecule has 26 heavy (non-hydrogen) atoms. The van der Waals surface area contributed by atoms with E-state index in [1.807, 2.05) is 35.9 Å². The van der Waals surface area contributed by atoms with Crippen LogP contribution in [0.1, 0.15) is 5.56 Å². The van der Waals surface area contributed by atoms with Gasteiger partial charge in [0.1, 0.15) is 0 Å². The first kappa shape index (κ1) is 17.8. The number of phenols is 1. The van der Waals surface area contributed by atoms with Gasteiger partial charge in [0, 0.05) is 7.05 Å². The van der Waals surface area contributed by atoms with Gasteiger partial charge in [-0.05, 0) is 35.9 Å². The second-order valence-electron chi connectivity index (χ2n) is 5.46. The minimum Gasteiger partial charge on any atom is -0.504 e. The molecular formula is C18H18N4O3S. The van der Waals surface area contributed by atoms with Crippen LogP contribution in [0.4, 0.5) is 0 Å². The van der Waals surface area contributed by atoms with E-state index in [-0.39, 0.29) is 17.4 Å². The molecule has 0 bridgehead atoms. The van der Waals surface area contributed by atoms with Gasteiger partial charge in [-0.3, -0.25) is 4.79 Å². The first-order valence-electron chi connectivity index (χ1n) is 7.81. The van der Waals surface area contributed by atoms with Crippen LogP contribution in [0, 0.1) is 0 Å². The Morgan fingerprint density at radius 1 is 1.38 bits per heavy atom. The number of hydrogen-bond donors (Lipinski definition) is 2. The van der Waals surface area contributed by atoms with Crippen LogP contribution in [0.15, 0.2) is 52.7 Å². The number of imidazole rings is 1. The fourth-order valence-electron chi connectivity index (χ4n) is 2.37. The summed E-state index contributed by atoms with van der Waals surface area (Å²) in [5.41, 5.74) is 5.10. The van der Waals surface area contributed by atoms with Crippen LogP contribution in [0.25, 0.3) is 11.0 Å². The summed E-state index contributed by atoms with van der Waals surface area (Å²) in [5.74, 6) is 0.363. The van der Waals surface area contributed by atoms with Gasteiger partial charge in [-0.2, -0.15) is 5.10 Å². The minimum atomic E-state index is -0.232. The predicted octanol–water partition coefficient (Wildman–Crippen LogP) is 2.53. The summed E-state index contributed by atoms with van der Waals surface area (Å²) in [4.78, 5) is 16.5. The maximum absolute atomic E-state index is 12.0. The van der Waals surface area contributed by atoms with Gasteiger partial charge in [0.05, 0.1) is 30.1 Å². The second kappa shape index (κ2) is 7.92. The van der Waals surface area contributed by atoms with Crippen molar-refractivity contribution in [3.05, 3.63) is 48.0 Å². The molecule has 8 heteroatoms. The van der Waals surface area contributed by atoms with Crippen molar-refractivity contribution in [1.82, 2.24) is 15.0 Å². The number of thioether (sulfide) groups is 1. The number of hydrazone groups is 1. The molecule has 2 aromatic carbocycles. The first-order chi connectivity index (χ1) is 12.6. The minimum absolute atomic E-state index is 0.0486. The third-order valence-corrected chi connectivity index (χ3v) is 4.71. The number of methoxy groups -OCH3 is 1. The average molecular weight is 370 g/mol. The number of hydrogen-bond acceptors (Lipinski definition) is 6. The quantitative estimate of drug-likeness (QED) is 0.395. The molecule has 0 atom stereocenters. The molecule has 0 spiro atoms. The van der Waals surface area contributed by atoms with E-state index in [4.69, 9.17) is 4.74 Å². The summed E-state index contributed by atoms with van der Waals surface area (Å²) in [7, 11) is 3.39. The van der Waals surface area contributed by atoms with E-state index in [0.717, 1.165) is 16.2 Å². The smallest absolute Gasteiger partial charge is 0.250 e. The number of rotatable bonds is 6. The number of nitrogens with zero attached hydrogens (tertiary/aromatic N) is 3. The molecule has 0 aliphatic rings. The van der Waals surface area contributed by atoms with E-state index in [1.54, 1.807) is 12.1 Å². The maximum atomic E-state index is 12.0. The monoisotopic (exact) mass is 370 g/mol. The molecule has 1 amide bonds. The molecular weight excluding hydrogens is 352 g/mol. The zero-order chi connectivity index (χ0) is 18.5. The highest BCUT2D eigenvalue weighted by Gasteiger charge is 2.09.